The summed E-state index contributed by atoms with van der Waals surface area (Å²) in [6.45, 7) is 5.79. The Balaban J connectivity index is 1.67. The van der Waals surface area contributed by atoms with Gasteiger partial charge in [-0.25, -0.2) is 4.39 Å². The van der Waals surface area contributed by atoms with E-state index in [0.717, 1.165) is 31.6 Å². The fraction of sp³-hybridized carbons (Fsp3) is 0.308. The molecule has 0 spiro atoms. The number of aryl methyl sites for hydroxylation is 1. The maximum atomic E-state index is 13.6. The standard InChI is InChI=1S/C26H28ClFN2S/c1-19-6-3-4-7-21(19)17-29-14-5-15-30(18-22-8-11-23(28)16-25(22)27)26(29)20-9-12-24(31-2)13-10-20/h3-4,6-13,16,26H,5,14-15,17-18H2,1-2H3/t26-/m1/s1. The molecule has 0 radical (unpaired) electrons. The first-order chi connectivity index (χ1) is 15.0. The molecule has 0 N–H and O–H groups in total. The molecule has 0 aliphatic carbocycles. The van der Waals surface area contributed by atoms with E-state index in [2.05, 4.69) is 71.5 Å². The molecule has 1 fully saturated rings. The van der Waals surface area contributed by atoms with E-state index in [4.69, 9.17) is 11.6 Å². The summed E-state index contributed by atoms with van der Waals surface area (Å²) in [7, 11) is 0. The van der Waals surface area contributed by atoms with Crippen molar-refractivity contribution >= 4 is 23.4 Å². The van der Waals surface area contributed by atoms with Crippen LogP contribution >= 0.6 is 23.4 Å². The van der Waals surface area contributed by atoms with Crippen LogP contribution in [0.2, 0.25) is 5.02 Å². The summed E-state index contributed by atoms with van der Waals surface area (Å²) in [4.78, 5) is 6.28. The zero-order chi connectivity index (χ0) is 21.8. The molecule has 1 atom stereocenters. The molecule has 5 heteroatoms. The van der Waals surface area contributed by atoms with Gasteiger partial charge in [0, 0.05) is 36.1 Å². The van der Waals surface area contributed by atoms with Gasteiger partial charge < -0.3 is 0 Å². The predicted molar refractivity (Wildman–Crippen MR) is 129 cm³/mol. The van der Waals surface area contributed by atoms with Gasteiger partial charge in [0.25, 0.3) is 0 Å². The lowest BCUT2D eigenvalue weighted by Gasteiger charge is -2.44. The minimum atomic E-state index is -0.294. The van der Waals surface area contributed by atoms with Crippen molar-refractivity contribution in [2.24, 2.45) is 0 Å². The number of halogens is 2. The van der Waals surface area contributed by atoms with Gasteiger partial charge in [0.2, 0.25) is 0 Å². The Bertz CT molecular complexity index is 1020. The van der Waals surface area contributed by atoms with E-state index < -0.39 is 0 Å². The first-order valence-electron chi connectivity index (χ1n) is 10.7. The van der Waals surface area contributed by atoms with Crippen molar-refractivity contribution in [2.45, 2.75) is 37.5 Å². The van der Waals surface area contributed by atoms with E-state index in [1.165, 1.54) is 33.7 Å². The number of thioether (sulfide) groups is 1. The van der Waals surface area contributed by atoms with Gasteiger partial charge in [0.1, 0.15) is 5.82 Å². The summed E-state index contributed by atoms with van der Waals surface area (Å²) in [5, 5.41) is 0.493. The van der Waals surface area contributed by atoms with Gasteiger partial charge in [-0.3, -0.25) is 9.80 Å². The Hall–Kier alpha value is -1.85. The van der Waals surface area contributed by atoms with Crippen LogP contribution in [0.25, 0.3) is 0 Å². The van der Waals surface area contributed by atoms with Crippen molar-refractivity contribution in [1.82, 2.24) is 9.80 Å². The van der Waals surface area contributed by atoms with Crippen LogP contribution in [0.3, 0.4) is 0 Å². The molecule has 0 amide bonds. The molecule has 1 heterocycles. The van der Waals surface area contributed by atoms with Crippen LogP contribution in [0.5, 0.6) is 0 Å². The summed E-state index contributed by atoms with van der Waals surface area (Å²) in [5.41, 5.74) is 4.92. The van der Waals surface area contributed by atoms with Crippen LogP contribution < -0.4 is 0 Å². The van der Waals surface area contributed by atoms with E-state index in [1.807, 2.05) is 6.07 Å². The minimum absolute atomic E-state index is 0.144. The predicted octanol–water partition coefficient (Wildman–Crippen LogP) is 6.92. The highest BCUT2D eigenvalue weighted by Gasteiger charge is 2.31. The SMILES string of the molecule is CSc1ccc([C@@H]2N(Cc3ccccc3C)CCCN2Cc2ccc(F)cc2Cl)cc1. The van der Waals surface area contributed by atoms with Crippen LogP contribution in [0, 0.1) is 12.7 Å². The van der Waals surface area contributed by atoms with Crippen LogP contribution in [0.1, 0.15) is 34.8 Å². The summed E-state index contributed by atoms with van der Waals surface area (Å²) < 4.78 is 13.6. The number of hydrogen-bond donors (Lipinski definition) is 0. The topological polar surface area (TPSA) is 6.48 Å². The van der Waals surface area contributed by atoms with Crippen LogP contribution in [-0.4, -0.2) is 29.1 Å². The third-order valence-corrected chi connectivity index (χ3v) is 7.12. The molecule has 0 unspecified atom stereocenters. The van der Waals surface area contributed by atoms with Crippen molar-refractivity contribution in [3.63, 3.8) is 0 Å². The van der Waals surface area contributed by atoms with Gasteiger partial charge in [-0.2, -0.15) is 0 Å². The molecule has 3 aromatic rings. The summed E-state index contributed by atoms with van der Waals surface area (Å²) in [6, 6.07) is 22.2. The highest BCUT2D eigenvalue weighted by atomic mass is 35.5. The number of hydrogen-bond acceptors (Lipinski definition) is 3. The van der Waals surface area contributed by atoms with E-state index in [0.29, 0.717) is 11.6 Å². The largest absolute Gasteiger partial charge is 0.280 e. The Morgan fingerprint density at radius 2 is 1.61 bits per heavy atom. The molecule has 1 aliphatic heterocycles. The summed E-state index contributed by atoms with van der Waals surface area (Å²) >= 11 is 8.14. The monoisotopic (exact) mass is 454 g/mol. The van der Waals surface area contributed by atoms with Gasteiger partial charge in [-0.15, -0.1) is 11.8 Å². The smallest absolute Gasteiger partial charge is 0.124 e. The molecule has 162 valence electrons. The minimum Gasteiger partial charge on any atom is -0.280 e. The van der Waals surface area contributed by atoms with Crippen molar-refractivity contribution < 1.29 is 4.39 Å². The maximum absolute atomic E-state index is 13.6. The van der Waals surface area contributed by atoms with E-state index in [1.54, 1.807) is 11.8 Å². The molecule has 2 nitrogen and oxygen atoms in total. The fourth-order valence-corrected chi connectivity index (χ4v) is 4.99. The van der Waals surface area contributed by atoms with Gasteiger partial charge in [0.15, 0.2) is 0 Å². The maximum Gasteiger partial charge on any atom is 0.124 e. The Kier molecular flexibility index (Phi) is 7.34. The first-order valence-corrected chi connectivity index (χ1v) is 12.3. The highest BCUT2D eigenvalue weighted by Crippen LogP contribution is 2.34. The number of benzene rings is 3. The van der Waals surface area contributed by atoms with Gasteiger partial charge in [0.05, 0.1) is 6.17 Å². The van der Waals surface area contributed by atoms with E-state index >= 15 is 0 Å². The van der Waals surface area contributed by atoms with Gasteiger partial charge >= 0.3 is 0 Å². The highest BCUT2D eigenvalue weighted by molar-refractivity contribution is 7.98. The molecule has 4 rings (SSSR count). The third-order valence-electron chi connectivity index (χ3n) is 6.02. The lowest BCUT2D eigenvalue weighted by molar-refractivity contribution is -0.00920. The molecule has 1 aliphatic rings. The van der Waals surface area contributed by atoms with Crippen LogP contribution in [0.15, 0.2) is 71.6 Å². The molecule has 3 aromatic carbocycles. The molecule has 0 saturated carbocycles. The van der Waals surface area contributed by atoms with Crippen molar-refractivity contribution in [2.75, 3.05) is 19.3 Å². The summed E-state index contributed by atoms with van der Waals surface area (Å²) in [6.07, 6.45) is 3.33. The third kappa shape index (κ3) is 5.32. The van der Waals surface area contributed by atoms with Crippen molar-refractivity contribution in [1.29, 1.82) is 0 Å². The second kappa shape index (κ2) is 10.2. The molecule has 0 bridgehead atoms. The van der Waals surface area contributed by atoms with Crippen molar-refractivity contribution in [3.05, 3.63) is 99.8 Å². The zero-order valence-electron chi connectivity index (χ0n) is 18.0. The van der Waals surface area contributed by atoms with Crippen LogP contribution in [0.4, 0.5) is 4.39 Å². The summed E-state index contributed by atoms with van der Waals surface area (Å²) in [5.74, 6) is -0.294. The molecule has 31 heavy (non-hydrogen) atoms. The Morgan fingerprint density at radius 3 is 2.26 bits per heavy atom. The quantitative estimate of drug-likeness (QED) is 0.373. The van der Waals surface area contributed by atoms with Crippen LogP contribution in [-0.2, 0) is 13.1 Å². The van der Waals surface area contributed by atoms with Gasteiger partial charge in [-0.05, 0) is 66.1 Å². The number of rotatable bonds is 6. The molecular formula is C26H28ClFN2S. The lowest BCUT2D eigenvalue weighted by Crippen LogP contribution is -2.47. The molecular weight excluding hydrogens is 427 g/mol. The second-order valence-electron chi connectivity index (χ2n) is 8.10. The first kappa shape index (κ1) is 22.3. The normalized spacial score (nSPS) is 17.7. The van der Waals surface area contributed by atoms with E-state index in [-0.39, 0.29) is 12.0 Å². The Labute approximate surface area is 194 Å². The van der Waals surface area contributed by atoms with E-state index in [9.17, 15) is 4.39 Å². The second-order valence-corrected chi connectivity index (χ2v) is 9.39. The zero-order valence-corrected chi connectivity index (χ0v) is 19.6. The average Bonchev–Trinajstić information content (AvgIpc) is 2.78. The molecule has 0 aromatic heterocycles. The average molecular weight is 455 g/mol. The van der Waals surface area contributed by atoms with Gasteiger partial charge in [-0.1, -0.05) is 54.1 Å². The Morgan fingerprint density at radius 1 is 0.935 bits per heavy atom. The fourth-order valence-electron chi connectivity index (χ4n) is 4.36. The number of nitrogens with zero attached hydrogens (tertiary/aromatic N) is 2. The lowest BCUT2D eigenvalue weighted by atomic mass is 10.0. The van der Waals surface area contributed by atoms with Crippen molar-refractivity contribution in [3.8, 4) is 0 Å². The molecule has 1 saturated heterocycles.